The zero-order valence-electron chi connectivity index (χ0n) is 11.4. The number of hydrogen-bond acceptors (Lipinski definition) is 3. The van der Waals surface area contributed by atoms with Gasteiger partial charge in [0.15, 0.2) is 5.75 Å². The highest BCUT2D eigenvalue weighted by Crippen LogP contribution is 2.30. The van der Waals surface area contributed by atoms with Gasteiger partial charge in [-0.15, -0.1) is 0 Å². The molecule has 0 atom stereocenters. The third-order valence-electron chi connectivity index (χ3n) is 2.93. The first-order chi connectivity index (χ1) is 8.49. The zero-order chi connectivity index (χ0) is 13.3. The third-order valence-corrected chi connectivity index (χ3v) is 2.93. The first-order valence-corrected chi connectivity index (χ1v) is 6.37. The molecule has 1 heterocycles. The average molecular weight is 248 g/mol. The number of ether oxygens (including phenoxy) is 1. The Kier molecular flexibility index (Phi) is 3.55. The van der Waals surface area contributed by atoms with Gasteiger partial charge in [0.05, 0.1) is 17.9 Å². The fourth-order valence-corrected chi connectivity index (χ4v) is 1.64. The highest BCUT2D eigenvalue weighted by molar-refractivity contribution is 5.96. The SMILES string of the molecule is CC(C)c1cc(C(=O)N(C)C)c(OC2CC2)cn1. The van der Waals surface area contributed by atoms with Gasteiger partial charge in [0.1, 0.15) is 0 Å². The minimum Gasteiger partial charge on any atom is -0.488 e. The van der Waals surface area contributed by atoms with Crippen molar-refractivity contribution < 1.29 is 9.53 Å². The van der Waals surface area contributed by atoms with E-state index in [9.17, 15) is 4.79 Å². The summed E-state index contributed by atoms with van der Waals surface area (Å²) in [5, 5.41) is 0. The molecule has 1 aromatic heterocycles. The van der Waals surface area contributed by atoms with Crippen LogP contribution in [0.15, 0.2) is 12.3 Å². The van der Waals surface area contributed by atoms with E-state index in [0.29, 0.717) is 17.2 Å². The largest absolute Gasteiger partial charge is 0.488 e. The van der Waals surface area contributed by atoms with Gasteiger partial charge >= 0.3 is 0 Å². The highest BCUT2D eigenvalue weighted by atomic mass is 16.5. The van der Waals surface area contributed by atoms with E-state index in [4.69, 9.17) is 4.74 Å². The molecule has 1 aliphatic carbocycles. The number of amides is 1. The van der Waals surface area contributed by atoms with Crippen LogP contribution in [-0.4, -0.2) is 36.0 Å². The Bertz CT molecular complexity index is 451. The standard InChI is InChI=1S/C14H20N2O2/c1-9(2)12-7-11(14(17)16(3)4)13(8-15-12)18-10-5-6-10/h7-10H,5-6H2,1-4H3. The van der Waals surface area contributed by atoms with Gasteiger partial charge in [-0.05, 0) is 24.8 Å². The summed E-state index contributed by atoms with van der Waals surface area (Å²) in [6, 6.07) is 1.85. The summed E-state index contributed by atoms with van der Waals surface area (Å²) in [7, 11) is 3.50. The topological polar surface area (TPSA) is 42.4 Å². The Morgan fingerprint density at radius 2 is 2.11 bits per heavy atom. The quantitative estimate of drug-likeness (QED) is 0.822. The lowest BCUT2D eigenvalue weighted by Crippen LogP contribution is -2.23. The first-order valence-electron chi connectivity index (χ1n) is 6.37. The second-order valence-corrected chi connectivity index (χ2v) is 5.28. The van der Waals surface area contributed by atoms with Gasteiger partial charge in [0, 0.05) is 19.8 Å². The molecule has 1 amide bonds. The van der Waals surface area contributed by atoms with Crippen LogP contribution in [0.1, 0.15) is 48.7 Å². The maximum Gasteiger partial charge on any atom is 0.257 e. The average Bonchev–Trinajstić information content (AvgIpc) is 3.12. The molecule has 18 heavy (non-hydrogen) atoms. The summed E-state index contributed by atoms with van der Waals surface area (Å²) in [6.07, 6.45) is 4.10. The number of aromatic nitrogens is 1. The van der Waals surface area contributed by atoms with Gasteiger partial charge in [-0.25, -0.2) is 0 Å². The molecule has 0 bridgehead atoms. The molecule has 1 aliphatic rings. The highest BCUT2D eigenvalue weighted by Gasteiger charge is 2.26. The third kappa shape index (κ3) is 2.81. The number of pyridine rings is 1. The fraction of sp³-hybridized carbons (Fsp3) is 0.571. The summed E-state index contributed by atoms with van der Waals surface area (Å²) in [6.45, 7) is 4.13. The monoisotopic (exact) mass is 248 g/mol. The van der Waals surface area contributed by atoms with Gasteiger partial charge in [-0.1, -0.05) is 13.8 Å². The van der Waals surface area contributed by atoms with Crippen molar-refractivity contribution in [3.05, 3.63) is 23.5 Å². The van der Waals surface area contributed by atoms with Crippen LogP contribution in [0.25, 0.3) is 0 Å². The summed E-state index contributed by atoms with van der Waals surface area (Å²) in [5.74, 6) is 0.879. The zero-order valence-corrected chi connectivity index (χ0v) is 11.4. The molecule has 4 heteroatoms. The van der Waals surface area contributed by atoms with Crippen LogP contribution in [0.5, 0.6) is 5.75 Å². The van der Waals surface area contributed by atoms with Gasteiger partial charge in [0.25, 0.3) is 5.91 Å². The first kappa shape index (κ1) is 12.9. The van der Waals surface area contributed by atoms with Crippen LogP contribution >= 0.6 is 0 Å². The number of carbonyl (C=O) groups is 1. The van der Waals surface area contributed by atoms with Crippen molar-refractivity contribution in [2.45, 2.75) is 38.7 Å². The lowest BCUT2D eigenvalue weighted by molar-refractivity contribution is 0.0822. The number of nitrogens with zero attached hydrogens (tertiary/aromatic N) is 2. The number of carbonyl (C=O) groups excluding carboxylic acids is 1. The second-order valence-electron chi connectivity index (χ2n) is 5.28. The summed E-state index contributed by atoms with van der Waals surface area (Å²) >= 11 is 0. The molecule has 0 N–H and O–H groups in total. The predicted molar refractivity (Wildman–Crippen MR) is 70.0 cm³/mol. The molecule has 0 aromatic carbocycles. The molecule has 0 saturated heterocycles. The summed E-state index contributed by atoms with van der Waals surface area (Å²) in [4.78, 5) is 18.1. The van der Waals surface area contributed by atoms with Crippen molar-refractivity contribution in [2.75, 3.05) is 14.1 Å². The van der Waals surface area contributed by atoms with Crippen molar-refractivity contribution in [2.24, 2.45) is 0 Å². The molecule has 98 valence electrons. The van der Waals surface area contributed by atoms with Gasteiger partial charge in [-0.2, -0.15) is 0 Å². The molecular weight excluding hydrogens is 228 g/mol. The normalized spacial score (nSPS) is 14.7. The van der Waals surface area contributed by atoms with E-state index in [2.05, 4.69) is 18.8 Å². The van der Waals surface area contributed by atoms with Crippen molar-refractivity contribution in [3.8, 4) is 5.75 Å². The molecule has 0 radical (unpaired) electrons. The van der Waals surface area contributed by atoms with Gasteiger partial charge < -0.3 is 9.64 Å². The van der Waals surface area contributed by atoms with E-state index in [1.807, 2.05) is 6.07 Å². The lowest BCUT2D eigenvalue weighted by atomic mass is 10.1. The number of hydrogen-bond donors (Lipinski definition) is 0. The van der Waals surface area contributed by atoms with Crippen LogP contribution < -0.4 is 4.74 Å². The number of rotatable bonds is 4. The van der Waals surface area contributed by atoms with E-state index in [1.165, 1.54) is 0 Å². The summed E-state index contributed by atoms with van der Waals surface area (Å²) < 4.78 is 5.75. The minimum absolute atomic E-state index is 0.0325. The molecular formula is C14H20N2O2. The van der Waals surface area contributed by atoms with Crippen molar-refractivity contribution in [1.29, 1.82) is 0 Å². The molecule has 4 nitrogen and oxygen atoms in total. The molecule has 1 saturated carbocycles. The molecule has 1 aromatic rings. The van der Waals surface area contributed by atoms with Crippen LogP contribution in [0, 0.1) is 0 Å². The van der Waals surface area contributed by atoms with Crippen LogP contribution in [0.2, 0.25) is 0 Å². The Morgan fingerprint density at radius 3 is 2.61 bits per heavy atom. The van der Waals surface area contributed by atoms with Gasteiger partial charge in [0.2, 0.25) is 0 Å². The van der Waals surface area contributed by atoms with Crippen LogP contribution in [-0.2, 0) is 0 Å². The molecule has 0 spiro atoms. The Hall–Kier alpha value is -1.58. The van der Waals surface area contributed by atoms with Crippen molar-refractivity contribution >= 4 is 5.91 Å². The molecule has 1 fully saturated rings. The van der Waals surface area contributed by atoms with E-state index in [1.54, 1.807) is 25.2 Å². The molecule has 2 rings (SSSR count). The maximum absolute atomic E-state index is 12.2. The van der Waals surface area contributed by atoms with Crippen molar-refractivity contribution in [1.82, 2.24) is 9.88 Å². The smallest absolute Gasteiger partial charge is 0.257 e. The van der Waals surface area contributed by atoms with E-state index >= 15 is 0 Å². The lowest BCUT2D eigenvalue weighted by Gasteiger charge is -2.16. The Labute approximate surface area is 108 Å². The summed E-state index contributed by atoms with van der Waals surface area (Å²) in [5.41, 5.74) is 1.54. The maximum atomic E-state index is 12.2. The molecule has 0 unspecified atom stereocenters. The van der Waals surface area contributed by atoms with E-state index in [-0.39, 0.29) is 12.0 Å². The Morgan fingerprint density at radius 1 is 1.44 bits per heavy atom. The fourth-order valence-electron chi connectivity index (χ4n) is 1.64. The van der Waals surface area contributed by atoms with Crippen molar-refractivity contribution in [3.63, 3.8) is 0 Å². The second kappa shape index (κ2) is 4.96. The Balaban J connectivity index is 2.35. The van der Waals surface area contributed by atoms with E-state index < -0.39 is 0 Å². The molecule has 0 aliphatic heterocycles. The van der Waals surface area contributed by atoms with Crippen LogP contribution in [0.4, 0.5) is 0 Å². The van der Waals surface area contributed by atoms with E-state index in [0.717, 1.165) is 18.5 Å². The minimum atomic E-state index is -0.0325. The van der Waals surface area contributed by atoms with Crippen LogP contribution in [0.3, 0.4) is 0 Å². The predicted octanol–water partition coefficient (Wildman–Crippen LogP) is 2.45. The van der Waals surface area contributed by atoms with Gasteiger partial charge in [-0.3, -0.25) is 9.78 Å².